The van der Waals surface area contributed by atoms with E-state index in [0.717, 1.165) is 46.9 Å². The number of nitrogens with zero attached hydrogens (tertiary/aromatic N) is 1. The third kappa shape index (κ3) is 4.34. The maximum atomic E-state index is 12.9. The fourth-order valence-corrected chi connectivity index (χ4v) is 4.59. The topological polar surface area (TPSA) is 100 Å². The van der Waals surface area contributed by atoms with Crippen LogP contribution in [-0.4, -0.2) is 42.1 Å². The largest absolute Gasteiger partial charge is 0.492 e. The lowest BCUT2D eigenvalue weighted by Gasteiger charge is -2.18. The van der Waals surface area contributed by atoms with Gasteiger partial charge < -0.3 is 30.4 Å². The van der Waals surface area contributed by atoms with Gasteiger partial charge in [0.25, 0.3) is 5.91 Å². The van der Waals surface area contributed by atoms with Gasteiger partial charge in [0.1, 0.15) is 18.6 Å². The molecule has 0 radical (unpaired) electrons. The minimum absolute atomic E-state index is 0.119. The van der Waals surface area contributed by atoms with Gasteiger partial charge in [0.15, 0.2) is 5.75 Å². The highest BCUT2D eigenvalue weighted by molar-refractivity contribution is 6.31. The molecule has 0 unspecified atom stereocenters. The number of amides is 1. The average Bonchev–Trinajstić information content (AvgIpc) is 3.23. The SMILES string of the molecule is CCc1c(Cl)cccc1Nc1c(-c2ccncc2O/C=C2/CNCCO2)[nH]c2c1C(=O)NCC2. The number of H-pyrrole nitrogens is 1. The van der Waals surface area contributed by atoms with Gasteiger partial charge in [0.2, 0.25) is 0 Å². The van der Waals surface area contributed by atoms with Crippen LogP contribution in [0.15, 0.2) is 48.7 Å². The molecule has 176 valence electrons. The molecule has 34 heavy (non-hydrogen) atoms. The number of pyridine rings is 1. The summed E-state index contributed by atoms with van der Waals surface area (Å²) in [6.45, 7) is 4.65. The molecule has 1 saturated heterocycles. The van der Waals surface area contributed by atoms with Crippen LogP contribution in [0.25, 0.3) is 11.3 Å². The minimum Gasteiger partial charge on any atom is -0.492 e. The number of anilines is 2. The van der Waals surface area contributed by atoms with Gasteiger partial charge in [-0.2, -0.15) is 0 Å². The van der Waals surface area contributed by atoms with Crippen LogP contribution in [0.5, 0.6) is 5.75 Å². The van der Waals surface area contributed by atoms with Crippen molar-refractivity contribution in [3.05, 3.63) is 70.5 Å². The molecular weight excluding hydrogens is 454 g/mol. The number of halogens is 1. The average molecular weight is 480 g/mol. The molecule has 0 spiro atoms. The molecule has 1 aromatic carbocycles. The van der Waals surface area contributed by atoms with Crippen LogP contribution in [0.2, 0.25) is 5.02 Å². The van der Waals surface area contributed by atoms with Gasteiger partial charge in [0, 0.05) is 47.7 Å². The zero-order valence-electron chi connectivity index (χ0n) is 18.8. The number of nitrogens with one attached hydrogen (secondary N) is 4. The quantitative estimate of drug-likeness (QED) is 0.396. The van der Waals surface area contributed by atoms with E-state index >= 15 is 0 Å². The van der Waals surface area contributed by atoms with E-state index in [1.54, 1.807) is 18.7 Å². The van der Waals surface area contributed by atoms with Crippen LogP contribution in [0, 0.1) is 0 Å². The Balaban J connectivity index is 1.59. The van der Waals surface area contributed by atoms with E-state index in [-0.39, 0.29) is 5.91 Å². The zero-order valence-corrected chi connectivity index (χ0v) is 19.6. The molecule has 2 aliphatic rings. The van der Waals surface area contributed by atoms with Gasteiger partial charge in [-0.15, -0.1) is 0 Å². The number of aromatic amines is 1. The summed E-state index contributed by atoms with van der Waals surface area (Å²) >= 11 is 6.46. The van der Waals surface area contributed by atoms with Crippen LogP contribution < -0.4 is 20.7 Å². The summed E-state index contributed by atoms with van der Waals surface area (Å²) < 4.78 is 11.6. The molecule has 1 fully saturated rings. The number of benzene rings is 1. The summed E-state index contributed by atoms with van der Waals surface area (Å²) in [5.74, 6) is 1.15. The van der Waals surface area contributed by atoms with Crippen LogP contribution in [-0.2, 0) is 17.6 Å². The molecular formula is C25H26ClN5O3. The second-order valence-electron chi connectivity index (χ2n) is 8.08. The van der Waals surface area contributed by atoms with Crippen molar-refractivity contribution in [2.75, 3.05) is 31.6 Å². The molecule has 0 aliphatic carbocycles. The number of morpholine rings is 1. The fraction of sp³-hybridized carbons (Fsp3) is 0.280. The van der Waals surface area contributed by atoms with Gasteiger partial charge >= 0.3 is 0 Å². The molecule has 1 amide bonds. The first-order valence-electron chi connectivity index (χ1n) is 11.4. The van der Waals surface area contributed by atoms with Crippen LogP contribution in [0.3, 0.4) is 0 Å². The molecule has 2 aliphatic heterocycles. The highest BCUT2D eigenvalue weighted by Crippen LogP contribution is 2.41. The van der Waals surface area contributed by atoms with Gasteiger partial charge in [0.05, 0.1) is 29.7 Å². The van der Waals surface area contributed by atoms with E-state index in [9.17, 15) is 4.79 Å². The highest BCUT2D eigenvalue weighted by Gasteiger charge is 2.28. The second kappa shape index (κ2) is 9.79. The second-order valence-corrected chi connectivity index (χ2v) is 8.49. The van der Waals surface area contributed by atoms with Crippen molar-refractivity contribution < 1.29 is 14.3 Å². The maximum Gasteiger partial charge on any atom is 0.255 e. The smallest absolute Gasteiger partial charge is 0.255 e. The van der Waals surface area contributed by atoms with Crippen molar-refractivity contribution in [2.45, 2.75) is 19.8 Å². The Morgan fingerprint density at radius 1 is 1.29 bits per heavy atom. The highest BCUT2D eigenvalue weighted by atomic mass is 35.5. The van der Waals surface area contributed by atoms with Crippen molar-refractivity contribution in [3.63, 3.8) is 0 Å². The molecule has 8 nitrogen and oxygen atoms in total. The number of carbonyl (C=O) groups excluding carboxylic acids is 1. The number of fused-ring (bicyclic) bond motifs is 1. The van der Waals surface area contributed by atoms with Crippen LogP contribution in [0.4, 0.5) is 11.4 Å². The van der Waals surface area contributed by atoms with Crippen molar-refractivity contribution in [1.29, 1.82) is 0 Å². The summed E-state index contributed by atoms with van der Waals surface area (Å²) in [5.41, 5.74) is 5.54. The fourth-order valence-electron chi connectivity index (χ4n) is 4.28. The molecule has 3 aromatic rings. The van der Waals surface area contributed by atoms with Gasteiger partial charge in [-0.3, -0.25) is 9.78 Å². The first kappa shape index (κ1) is 22.3. The normalized spacial score (nSPS) is 16.5. The van der Waals surface area contributed by atoms with Crippen LogP contribution in [0.1, 0.15) is 28.5 Å². The van der Waals surface area contributed by atoms with Crippen molar-refractivity contribution >= 4 is 28.9 Å². The number of hydrogen-bond acceptors (Lipinski definition) is 6. The molecule has 5 rings (SSSR count). The van der Waals surface area contributed by atoms with Gasteiger partial charge in [-0.25, -0.2) is 0 Å². The van der Waals surface area contributed by atoms with Crippen molar-refractivity contribution in [1.82, 2.24) is 20.6 Å². The monoisotopic (exact) mass is 479 g/mol. The Hall–Kier alpha value is -3.49. The lowest BCUT2D eigenvalue weighted by atomic mass is 10.0. The van der Waals surface area contributed by atoms with E-state index in [1.807, 2.05) is 24.3 Å². The third-order valence-electron chi connectivity index (χ3n) is 5.93. The Kier molecular flexibility index (Phi) is 6.42. The van der Waals surface area contributed by atoms with Gasteiger partial charge in [-0.1, -0.05) is 24.6 Å². The van der Waals surface area contributed by atoms with E-state index in [0.29, 0.717) is 48.1 Å². The van der Waals surface area contributed by atoms with Gasteiger partial charge in [-0.05, 0) is 30.2 Å². The maximum absolute atomic E-state index is 12.9. The molecule has 9 heteroatoms. The lowest BCUT2D eigenvalue weighted by Crippen LogP contribution is -2.31. The molecule has 0 atom stereocenters. The number of aromatic nitrogens is 2. The number of hydrogen-bond donors (Lipinski definition) is 4. The summed E-state index contributed by atoms with van der Waals surface area (Å²) in [6.07, 6.45) is 6.41. The first-order chi connectivity index (χ1) is 16.7. The zero-order chi connectivity index (χ0) is 23.5. The molecule has 0 saturated carbocycles. The Labute approximate surface area is 202 Å². The predicted molar refractivity (Wildman–Crippen MR) is 132 cm³/mol. The Morgan fingerprint density at radius 3 is 3.03 bits per heavy atom. The summed E-state index contributed by atoms with van der Waals surface area (Å²) in [6, 6.07) is 7.60. The standard InChI is InChI=1S/C25H26ClN5O3/c1-2-16-18(26)4-3-5-19(16)30-24-22-20(7-9-29-25(22)32)31-23(24)17-6-8-27-13-21(17)34-14-15-12-28-10-11-33-15/h3-6,8,13-14,28,30-31H,2,7,9-12H2,1H3,(H,29,32)/b15-14-. The van der Waals surface area contributed by atoms with E-state index in [4.69, 9.17) is 21.1 Å². The summed E-state index contributed by atoms with van der Waals surface area (Å²) in [5, 5.41) is 10.4. The third-order valence-corrected chi connectivity index (χ3v) is 6.29. The lowest BCUT2D eigenvalue weighted by molar-refractivity contribution is 0.0947. The molecule has 4 N–H and O–H groups in total. The number of ether oxygens (including phenoxy) is 2. The Morgan fingerprint density at radius 2 is 2.21 bits per heavy atom. The molecule has 4 heterocycles. The Bertz CT molecular complexity index is 1250. The molecule has 2 aromatic heterocycles. The summed E-state index contributed by atoms with van der Waals surface area (Å²) in [7, 11) is 0. The van der Waals surface area contributed by atoms with E-state index < -0.39 is 0 Å². The minimum atomic E-state index is -0.119. The van der Waals surface area contributed by atoms with Crippen molar-refractivity contribution in [2.24, 2.45) is 0 Å². The summed E-state index contributed by atoms with van der Waals surface area (Å²) in [4.78, 5) is 20.6. The number of rotatable bonds is 6. The first-order valence-corrected chi connectivity index (χ1v) is 11.7. The number of carbonyl (C=O) groups is 1. The van der Waals surface area contributed by atoms with Crippen molar-refractivity contribution in [3.8, 4) is 17.0 Å². The van der Waals surface area contributed by atoms with Crippen LogP contribution >= 0.6 is 11.6 Å². The predicted octanol–water partition coefficient (Wildman–Crippen LogP) is 4.16. The van der Waals surface area contributed by atoms with E-state index in [1.165, 1.54) is 0 Å². The van der Waals surface area contributed by atoms with E-state index in [2.05, 4.69) is 32.8 Å². The molecule has 0 bridgehead atoms.